The van der Waals surface area contributed by atoms with E-state index < -0.39 is 0 Å². The highest BCUT2D eigenvalue weighted by Gasteiger charge is 2.07. The third kappa shape index (κ3) is 5.95. The van der Waals surface area contributed by atoms with Crippen molar-refractivity contribution in [2.75, 3.05) is 20.2 Å². The van der Waals surface area contributed by atoms with Gasteiger partial charge in [0.1, 0.15) is 6.54 Å². The average Bonchev–Trinajstić information content (AvgIpc) is 2.04. The maximum absolute atomic E-state index is 11.0. The molecule has 0 amide bonds. The molecule has 3 N–H and O–H groups in total. The van der Waals surface area contributed by atoms with Gasteiger partial charge in [0.05, 0.1) is 6.61 Å². The van der Waals surface area contributed by atoms with Crippen molar-refractivity contribution in [3.8, 4) is 0 Å². The number of nitrogens with two attached hydrogens (primary N) is 1. The molecule has 5 heteroatoms. The van der Waals surface area contributed by atoms with Crippen LogP contribution in [0.3, 0.4) is 0 Å². The Balaban J connectivity index is 3.56. The third-order valence-corrected chi connectivity index (χ3v) is 1.54. The topological polar surface area (TPSA) is 79.4 Å². The summed E-state index contributed by atoms with van der Waals surface area (Å²) in [5, 5.41) is 7.00. The molecule has 0 radical (unpaired) electrons. The van der Waals surface area contributed by atoms with Crippen LogP contribution >= 0.6 is 0 Å². The van der Waals surface area contributed by atoms with Crippen LogP contribution in [0.5, 0.6) is 0 Å². The second kappa shape index (κ2) is 6.28. The number of hydrogen-bond donors (Lipinski definition) is 2. The Morgan fingerprint density at radius 3 is 2.69 bits per heavy atom. The van der Waals surface area contributed by atoms with E-state index in [-0.39, 0.29) is 18.5 Å². The van der Waals surface area contributed by atoms with E-state index in [0.717, 1.165) is 12.8 Å². The predicted octanol–water partition coefficient (Wildman–Crippen LogP) is 0.155. The molecule has 0 atom stereocenters. The van der Waals surface area contributed by atoms with Gasteiger partial charge in [-0.05, 0) is 6.42 Å². The van der Waals surface area contributed by atoms with Gasteiger partial charge in [-0.1, -0.05) is 13.3 Å². The van der Waals surface area contributed by atoms with E-state index in [9.17, 15) is 4.79 Å². The SMILES string of the molecule is CCCCOC(=O)CN(C)C(=N)N. The minimum Gasteiger partial charge on any atom is -0.464 e. The summed E-state index contributed by atoms with van der Waals surface area (Å²) in [6.45, 7) is 2.51. The van der Waals surface area contributed by atoms with E-state index >= 15 is 0 Å². The van der Waals surface area contributed by atoms with Crippen molar-refractivity contribution < 1.29 is 9.53 Å². The highest BCUT2D eigenvalue weighted by Crippen LogP contribution is 1.90. The van der Waals surface area contributed by atoms with Gasteiger partial charge in [-0.25, -0.2) is 0 Å². The van der Waals surface area contributed by atoms with Crippen LogP contribution in [-0.4, -0.2) is 37.0 Å². The first-order valence-corrected chi connectivity index (χ1v) is 4.28. The van der Waals surface area contributed by atoms with Crippen molar-refractivity contribution in [1.29, 1.82) is 5.41 Å². The summed E-state index contributed by atoms with van der Waals surface area (Å²) < 4.78 is 4.87. The highest BCUT2D eigenvalue weighted by molar-refractivity contribution is 5.80. The number of hydrogen-bond acceptors (Lipinski definition) is 3. The smallest absolute Gasteiger partial charge is 0.325 e. The zero-order valence-corrected chi connectivity index (χ0v) is 8.17. The Labute approximate surface area is 78.4 Å². The summed E-state index contributed by atoms with van der Waals surface area (Å²) in [6.07, 6.45) is 1.87. The van der Waals surface area contributed by atoms with Crippen molar-refractivity contribution in [1.82, 2.24) is 4.90 Å². The van der Waals surface area contributed by atoms with Crippen molar-refractivity contribution in [2.45, 2.75) is 19.8 Å². The van der Waals surface area contributed by atoms with Crippen molar-refractivity contribution >= 4 is 11.9 Å². The summed E-state index contributed by atoms with van der Waals surface area (Å²) in [7, 11) is 1.57. The van der Waals surface area contributed by atoms with E-state index in [1.54, 1.807) is 7.05 Å². The number of carbonyl (C=O) groups is 1. The molecule has 0 unspecified atom stereocenters. The number of rotatable bonds is 5. The van der Waals surface area contributed by atoms with Crippen molar-refractivity contribution in [2.24, 2.45) is 5.73 Å². The molecule has 0 aromatic rings. The summed E-state index contributed by atoms with van der Waals surface area (Å²) in [5.74, 6) is -0.474. The van der Waals surface area contributed by atoms with Gasteiger partial charge >= 0.3 is 5.97 Å². The normalized spacial score (nSPS) is 9.38. The first-order valence-electron chi connectivity index (χ1n) is 4.28. The average molecular weight is 187 g/mol. The first-order chi connectivity index (χ1) is 6.07. The quantitative estimate of drug-likeness (QED) is 0.278. The molecular weight excluding hydrogens is 170 g/mol. The zero-order chi connectivity index (χ0) is 10.3. The van der Waals surface area contributed by atoms with Gasteiger partial charge in [-0.3, -0.25) is 10.2 Å². The summed E-state index contributed by atoms with van der Waals surface area (Å²) in [6, 6.07) is 0. The van der Waals surface area contributed by atoms with Crippen molar-refractivity contribution in [3.63, 3.8) is 0 Å². The second-order valence-corrected chi connectivity index (χ2v) is 2.82. The first kappa shape index (κ1) is 11.7. The predicted molar refractivity (Wildman–Crippen MR) is 50.4 cm³/mol. The Morgan fingerprint density at radius 1 is 1.62 bits per heavy atom. The molecule has 0 aromatic carbocycles. The molecule has 0 aliphatic rings. The largest absolute Gasteiger partial charge is 0.464 e. The Kier molecular flexibility index (Phi) is 5.67. The lowest BCUT2D eigenvalue weighted by Crippen LogP contribution is -2.37. The van der Waals surface area contributed by atoms with E-state index in [4.69, 9.17) is 15.9 Å². The van der Waals surface area contributed by atoms with Crippen LogP contribution in [0.2, 0.25) is 0 Å². The van der Waals surface area contributed by atoms with Gasteiger partial charge in [0, 0.05) is 7.05 Å². The van der Waals surface area contributed by atoms with Crippen LogP contribution in [0.25, 0.3) is 0 Å². The van der Waals surface area contributed by atoms with Gasteiger partial charge in [0.2, 0.25) is 0 Å². The fourth-order valence-electron chi connectivity index (χ4n) is 0.655. The fourth-order valence-corrected chi connectivity index (χ4v) is 0.655. The maximum Gasteiger partial charge on any atom is 0.325 e. The number of esters is 1. The van der Waals surface area contributed by atoms with Crippen LogP contribution in [0.1, 0.15) is 19.8 Å². The maximum atomic E-state index is 11.0. The van der Waals surface area contributed by atoms with Crippen LogP contribution in [0.15, 0.2) is 0 Å². The molecule has 76 valence electrons. The van der Waals surface area contributed by atoms with Crippen molar-refractivity contribution in [3.05, 3.63) is 0 Å². The van der Waals surface area contributed by atoms with Crippen LogP contribution < -0.4 is 5.73 Å². The third-order valence-electron chi connectivity index (χ3n) is 1.54. The lowest BCUT2D eigenvalue weighted by atomic mass is 10.4. The van der Waals surface area contributed by atoms with Gasteiger partial charge in [0.15, 0.2) is 5.96 Å². The minimum absolute atomic E-state index is 0.0407. The highest BCUT2D eigenvalue weighted by atomic mass is 16.5. The number of nitrogens with one attached hydrogen (secondary N) is 1. The molecule has 0 spiro atoms. The van der Waals surface area contributed by atoms with Crippen LogP contribution in [0.4, 0.5) is 0 Å². The summed E-state index contributed by atoms with van der Waals surface area (Å²) in [5.41, 5.74) is 5.14. The lowest BCUT2D eigenvalue weighted by molar-refractivity contribution is -0.143. The van der Waals surface area contributed by atoms with Gasteiger partial charge < -0.3 is 15.4 Å². The number of carbonyl (C=O) groups excluding carboxylic acids is 1. The Morgan fingerprint density at radius 2 is 2.23 bits per heavy atom. The lowest BCUT2D eigenvalue weighted by Gasteiger charge is -2.14. The van der Waals surface area contributed by atoms with Gasteiger partial charge in [-0.15, -0.1) is 0 Å². The minimum atomic E-state index is -0.342. The number of guanidine groups is 1. The molecule has 0 saturated carbocycles. The second-order valence-electron chi connectivity index (χ2n) is 2.82. The fraction of sp³-hybridized carbons (Fsp3) is 0.750. The molecule has 0 saturated heterocycles. The van der Waals surface area contributed by atoms with E-state index in [1.165, 1.54) is 4.90 Å². The van der Waals surface area contributed by atoms with E-state index in [0.29, 0.717) is 6.61 Å². The molecule has 13 heavy (non-hydrogen) atoms. The van der Waals surface area contributed by atoms with Gasteiger partial charge in [-0.2, -0.15) is 0 Å². The zero-order valence-electron chi connectivity index (χ0n) is 8.17. The van der Waals surface area contributed by atoms with E-state index in [2.05, 4.69) is 0 Å². The Bertz CT molecular complexity index is 182. The van der Waals surface area contributed by atoms with E-state index in [1.807, 2.05) is 6.92 Å². The van der Waals surface area contributed by atoms with Crippen LogP contribution in [-0.2, 0) is 9.53 Å². The molecule has 0 heterocycles. The molecule has 5 nitrogen and oxygen atoms in total. The molecule has 0 aliphatic carbocycles. The molecule has 0 aliphatic heterocycles. The molecule has 0 fully saturated rings. The summed E-state index contributed by atoms with van der Waals surface area (Å²) in [4.78, 5) is 12.3. The number of nitrogens with zero attached hydrogens (tertiary/aromatic N) is 1. The standard InChI is InChI=1S/C8H17N3O2/c1-3-4-5-13-7(12)6-11(2)8(9)10/h3-6H2,1-2H3,(H3,9,10). The molecule has 0 bridgehead atoms. The monoisotopic (exact) mass is 187 g/mol. The molecule has 0 aromatic heterocycles. The summed E-state index contributed by atoms with van der Waals surface area (Å²) >= 11 is 0. The molecule has 0 rings (SSSR count). The number of ether oxygens (including phenoxy) is 1. The van der Waals surface area contributed by atoms with Crippen LogP contribution in [0, 0.1) is 5.41 Å². The number of unbranched alkanes of at least 4 members (excludes halogenated alkanes) is 1. The van der Waals surface area contributed by atoms with Gasteiger partial charge in [0.25, 0.3) is 0 Å². The molecular formula is C8H17N3O2. The number of likely N-dealkylation sites (N-methyl/N-ethyl adjacent to an activating group) is 1. The Hall–Kier alpha value is -1.26.